The monoisotopic (exact) mass is 632 g/mol. The third-order valence-electron chi connectivity index (χ3n) is 9.64. The van der Waals surface area contributed by atoms with Crippen LogP contribution in [0, 0.1) is 0 Å². The SMILES string of the molecule is c1cc2c3c(cccc3c1)-c1sc(-c3ccc(N(c4ccc5oc6ccccc6c5c4)c4ccc5oc6ccccc6c5c4)cc3)nc1-2. The van der Waals surface area contributed by atoms with E-state index in [4.69, 9.17) is 13.8 Å². The Hall–Kier alpha value is -6.17. The summed E-state index contributed by atoms with van der Waals surface area (Å²) in [4.78, 5) is 8.75. The van der Waals surface area contributed by atoms with E-state index in [0.717, 1.165) is 77.2 Å². The van der Waals surface area contributed by atoms with Gasteiger partial charge in [0.15, 0.2) is 0 Å². The van der Waals surface area contributed by atoms with Crippen LogP contribution >= 0.6 is 11.3 Å². The molecule has 48 heavy (non-hydrogen) atoms. The smallest absolute Gasteiger partial charge is 0.135 e. The largest absolute Gasteiger partial charge is 0.456 e. The third-order valence-corrected chi connectivity index (χ3v) is 10.8. The molecule has 0 amide bonds. The molecule has 0 atom stereocenters. The molecule has 0 saturated carbocycles. The van der Waals surface area contributed by atoms with Crippen LogP contribution in [-0.2, 0) is 0 Å². The van der Waals surface area contributed by atoms with Crippen LogP contribution in [0.4, 0.5) is 17.1 Å². The van der Waals surface area contributed by atoms with E-state index in [1.807, 2.05) is 24.3 Å². The Morgan fingerprint density at radius 2 is 1.04 bits per heavy atom. The van der Waals surface area contributed by atoms with E-state index in [1.54, 1.807) is 11.3 Å². The lowest BCUT2D eigenvalue weighted by molar-refractivity contribution is 0.668. The Bertz CT molecular complexity index is 2740. The fourth-order valence-corrected chi connectivity index (χ4v) is 8.56. The Labute approximate surface area is 278 Å². The van der Waals surface area contributed by atoms with E-state index < -0.39 is 0 Å². The van der Waals surface area contributed by atoms with E-state index in [9.17, 15) is 0 Å². The maximum Gasteiger partial charge on any atom is 0.135 e. The molecule has 5 heteroatoms. The highest BCUT2D eigenvalue weighted by Gasteiger charge is 2.26. The molecule has 224 valence electrons. The Balaban J connectivity index is 1.05. The topological polar surface area (TPSA) is 42.4 Å². The number of furan rings is 2. The second-order valence-electron chi connectivity index (χ2n) is 12.3. The highest BCUT2D eigenvalue weighted by Crippen LogP contribution is 2.51. The molecule has 10 aromatic rings. The van der Waals surface area contributed by atoms with E-state index in [0.29, 0.717) is 0 Å². The minimum Gasteiger partial charge on any atom is -0.456 e. The van der Waals surface area contributed by atoms with Gasteiger partial charge >= 0.3 is 0 Å². The van der Waals surface area contributed by atoms with Crippen molar-refractivity contribution in [1.29, 1.82) is 0 Å². The predicted molar refractivity (Wildman–Crippen MR) is 199 cm³/mol. The molecule has 1 aliphatic carbocycles. The molecule has 3 aromatic heterocycles. The van der Waals surface area contributed by atoms with E-state index in [2.05, 4.69) is 126 Å². The van der Waals surface area contributed by atoms with Crippen LogP contribution < -0.4 is 4.90 Å². The maximum absolute atomic E-state index is 6.19. The van der Waals surface area contributed by atoms with Crippen molar-refractivity contribution >= 4 is 83.0 Å². The summed E-state index contributed by atoms with van der Waals surface area (Å²) in [6.07, 6.45) is 0. The number of benzene rings is 7. The quantitative estimate of drug-likeness (QED) is 0.194. The van der Waals surface area contributed by atoms with E-state index in [1.165, 1.54) is 26.8 Å². The molecule has 1 aliphatic rings. The summed E-state index contributed by atoms with van der Waals surface area (Å²) in [7, 11) is 0. The standard InChI is InChI=1S/C43H24N2O2S/c1-3-13-36-30(9-1)34-23-28(19-21-38(34)46-36)45(29-20-22-39-35(24-29)31-10-2-4-14-37(31)47-39)27-17-15-26(16-18-27)43-44-41-32-11-5-7-25-8-6-12-33(40(25)32)42(41)48-43/h1-24H. The van der Waals surface area contributed by atoms with Crippen LogP contribution in [0.1, 0.15) is 0 Å². The minimum absolute atomic E-state index is 0.876. The molecular weight excluding hydrogens is 609 g/mol. The lowest BCUT2D eigenvalue weighted by atomic mass is 10.0. The number of rotatable bonds is 4. The fourth-order valence-electron chi connectivity index (χ4n) is 7.44. The highest BCUT2D eigenvalue weighted by atomic mass is 32.1. The Morgan fingerprint density at radius 3 is 1.69 bits per heavy atom. The van der Waals surface area contributed by atoms with Crippen molar-refractivity contribution in [2.45, 2.75) is 0 Å². The number of thiazole rings is 1. The fraction of sp³-hybridized carbons (Fsp3) is 0. The lowest BCUT2D eigenvalue weighted by Crippen LogP contribution is -2.09. The number of aromatic nitrogens is 1. The molecule has 0 bridgehead atoms. The molecule has 0 radical (unpaired) electrons. The van der Waals surface area contributed by atoms with Crippen LogP contribution in [0.2, 0.25) is 0 Å². The lowest BCUT2D eigenvalue weighted by Gasteiger charge is -2.26. The minimum atomic E-state index is 0.876. The van der Waals surface area contributed by atoms with Crippen LogP contribution in [0.3, 0.4) is 0 Å². The second kappa shape index (κ2) is 9.67. The Morgan fingerprint density at radius 1 is 0.479 bits per heavy atom. The van der Waals surface area contributed by atoms with Crippen molar-refractivity contribution in [3.8, 4) is 32.3 Å². The van der Waals surface area contributed by atoms with Crippen molar-refractivity contribution in [3.05, 3.63) is 146 Å². The summed E-state index contributed by atoms with van der Waals surface area (Å²) < 4.78 is 12.4. The average Bonchev–Trinajstić information content (AvgIpc) is 3.90. The molecule has 0 aliphatic heterocycles. The van der Waals surface area contributed by atoms with Gasteiger partial charge in [0, 0.05) is 55.3 Å². The van der Waals surface area contributed by atoms with Crippen LogP contribution in [0.5, 0.6) is 0 Å². The summed E-state index contributed by atoms with van der Waals surface area (Å²) in [6.45, 7) is 0. The van der Waals surface area contributed by atoms with Gasteiger partial charge in [-0.15, -0.1) is 11.3 Å². The normalized spacial score (nSPS) is 12.2. The summed E-state index contributed by atoms with van der Waals surface area (Å²) in [5.41, 5.74) is 11.4. The summed E-state index contributed by atoms with van der Waals surface area (Å²) in [6, 6.07) is 51.2. The maximum atomic E-state index is 6.19. The van der Waals surface area contributed by atoms with Gasteiger partial charge in [0.25, 0.3) is 0 Å². The zero-order chi connectivity index (χ0) is 31.3. The van der Waals surface area contributed by atoms with Gasteiger partial charge < -0.3 is 13.7 Å². The number of para-hydroxylation sites is 2. The summed E-state index contributed by atoms with van der Waals surface area (Å²) in [5.74, 6) is 0. The first-order valence-corrected chi connectivity index (χ1v) is 16.8. The number of hydrogen-bond donors (Lipinski definition) is 0. The molecule has 3 heterocycles. The van der Waals surface area contributed by atoms with Gasteiger partial charge in [-0.2, -0.15) is 0 Å². The van der Waals surface area contributed by atoms with Crippen molar-refractivity contribution in [1.82, 2.24) is 4.98 Å². The molecule has 4 nitrogen and oxygen atoms in total. The molecular formula is C43H24N2O2S. The van der Waals surface area contributed by atoms with Crippen LogP contribution in [-0.4, -0.2) is 4.98 Å². The van der Waals surface area contributed by atoms with Gasteiger partial charge in [-0.1, -0.05) is 72.8 Å². The molecule has 0 saturated heterocycles. The number of anilines is 3. The molecule has 11 rings (SSSR count). The molecule has 0 unspecified atom stereocenters. The van der Waals surface area contributed by atoms with Crippen molar-refractivity contribution < 1.29 is 8.83 Å². The number of hydrogen-bond acceptors (Lipinski definition) is 5. The van der Waals surface area contributed by atoms with Gasteiger partial charge in [-0.3, -0.25) is 0 Å². The Kier molecular flexibility index (Phi) is 5.23. The number of fused-ring (bicyclic) bond motifs is 9. The van der Waals surface area contributed by atoms with E-state index in [-0.39, 0.29) is 0 Å². The van der Waals surface area contributed by atoms with Crippen LogP contribution in [0.25, 0.3) is 86.9 Å². The molecule has 0 spiro atoms. The summed E-state index contributed by atoms with van der Waals surface area (Å²) >= 11 is 1.77. The second-order valence-corrected chi connectivity index (χ2v) is 13.3. The number of nitrogens with zero attached hydrogens (tertiary/aromatic N) is 2. The van der Waals surface area contributed by atoms with Gasteiger partial charge in [-0.05, 0) is 83.6 Å². The summed E-state index contributed by atoms with van der Waals surface area (Å²) in [5, 5.41) is 8.01. The van der Waals surface area contributed by atoms with Crippen molar-refractivity contribution in [3.63, 3.8) is 0 Å². The molecule has 7 aromatic carbocycles. The van der Waals surface area contributed by atoms with Crippen molar-refractivity contribution in [2.24, 2.45) is 0 Å². The zero-order valence-corrected chi connectivity index (χ0v) is 26.3. The van der Waals surface area contributed by atoms with E-state index >= 15 is 0 Å². The zero-order valence-electron chi connectivity index (χ0n) is 25.5. The third kappa shape index (κ3) is 3.68. The van der Waals surface area contributed by atoms with Gasteiger partial charge in [0.1, 0.15) is 27.3 Å². The van der Waals surface area contributed by atoms with Crippen LogP contribution in [0.15, 0.2) is 154 Å². The molecule has 0 fully saturated rings. The predicted octanol–water partition coefficient (Wildman–Crippen LogP) is 12.9. The first-order valence-electron chi connectivity index (χ1n) is 16.0. The van der Waals surface area contributed by atoms with Gasteiger partial charge in [-0.25, -0.2) is 4.98 Å². The first-order chi connectivity index (χ1) is 23.8. The highest BCUT2D eigenvalue weighted by molar-refractivity contribution is 7.19. The van der Waals surface area contributed by atoms with Gasteiger partial charge in [0.2, 0.25) is 0 Å². The average molecular weight is 633 g/mol. The first kappa shape index (κ1) is 26.0. The van der Waals surface area contributed by atoms with Crippen molar-refractivity contribution in [2.75, 3.05) is 4.90 Å². The van der Waals surface area contributed by atoms with Gasteiger partial charge in [0.05, 0.1) is 10.6 Å². The molecule has 0 N–H and O–H groups in total.